The Morgan fingerprint density at radius 2 is 1.78 bits per heavy atom. The summed E-state index contributed by atoms with van der Waals surface area (Å²) in [5.74, 6) is 0.488. The smallest absolute Gasteiger partial charge is 0.255 e. The largest absolute Gasteiger partial charge is 0.348 e. The molecule has 27 heavy (non-hydrogen) atoms. The number of nitrogens with zero attached hydrogens (tertiary/aromatic N) is 2. The van der Waals surface area contributed by atoms with Crippen LogP contribution in [-0.4, -0.2) is 15.9 Å². The van der Waals surface area contributed by atoms with Crippen LogP contribution in [0.15, 0.2) is 54.7 Å². The summed E-state index contributed by atoms with van der Waals surface area (Å²) in [7, 11) is 0. The van der Waals surface area contributed by atoms with E-state index in [4.69, 9.17) is 23.2 Å². The number of aromatic nitrogens is 2. The third kappa shape index (κ3) is 5.06. The quantitative estimate of drug-likeness (QED) is 0.608. The van der Waals surface area contributed by atoms with Crippen molar-refractivity contribution >= 4 is 29.1 Å². The average Bonchev–Trinajstić information content (AvgIpc) is 2.66. The lowest BCUT2D eigenvalue weighted by molar-refractivity contribution is 0.0951. The number of carbonyl (C=O) groups is 1. The molecule has 0 saturated heterocycles. The second kappa shape index (κ2) is 8.98. The number of rotatable bonds is 6. The van der Waals surface area contributed by atoms with Gasteiger partial charge in [-0.15, -0.1) is 0 Å². The SMILES string of the molecule is CCCc1ncc(C(=O)NCc2cc(Cl)cc(Cl)c2)c(-c2ccccc2)n1. The van der Waals surface area contributed by atoms with E-state index in [1.54, 1.807) is 24.4 Å². The lowest BCUT2D eigenvalue weighted by Gasteiger charge is -2.11. The van der Waals surface area contributed by atoms with Crippen LogP contribution in [0.1, 0.15) is 35.1 Å². The summed E-state index contributed by atoms with van der Waals surface area (Å²) < 4.78 is 0. The van der Waals surface area contributed by atoms with Crippen molar-refractivity contribution in [3.8, 4) is 11.3 Å². The van der Waals surface area contributed by atoms with Crippen molar-refractivity contribution in [2.75, 3.05) is 0 Å². The molecule has 0 aliphatic heterocycles. The fraction of sp³-hybridized carbons (Fsp3) is 0.190. The Balaban J connectivity index is 1.87. The normalized spacial score (nSPS) is 10.6. The molecule has 4 nitrogen and oxygen atoms in total. The zero-order chi connectivity index (χ0) is 19.2. The zero-order valence-corrected chi connectivity index (χ0v) is 16.4. The van der Waals surface area contributed by atoms with Crippen molar-refractivity contribution in [1.82, 2.24) is 15.3 Å². The minimum atomic E-state index is -0.243. The van der Waals surface area contributed by atoms with Crippen LogP contribution >= 0.6 is 23.2 Å². The average molecular weight is 400 g/mol. The van der Waals surface area contributed by atoms with Crippen molar-refractivity contribution in [1.29, 1.82) is 0 Å². The molecule has 6 heteroatoms. The predicted octanol–water partition coefficient (Wildman–Crippen LogP) is 5.33. The zero-order valence-electron chi connectivity index (χ0n) is 14.9. The van der Waals surface area contributed by atoms with E-state index in [-0.39, 0.29) is 5.91 Å². The minimum Gasteiger partial charge on any atom is -0.348 e. The standard InChI is InChI=1S/C21H19Cl2N3O/c1-2-6-19-24-13-18(20(26-19)15-7-4-3-5-8-15)21(27)25-12-14-9-16(22)11-17(23)10-14/h3-5,7-11,13H,2,6,12H2,1H3,(H,25,27). The van der Waals surface area contributed by atoms with Gasteiger partial charge in [0.2, 0.25) is 0 Å². The number of hydrogen-bond donors (Lipinski definition) is 1. The summed E-state index contributed by atoms with van der Waals surface area (Å²) in [6.07, 6.45) is 3.30. The Hall–Kier alpha value is -2.43. The summed E-state index contributed by atoms with van der Waals surface area (Å²) in [5, 5.41) is 3.96. The molecule has 0 saturated carbocycles. The summed E-state index contributed by atoms with van der Waals surface area (Å²) >= 11 is 12.0. The van der Waals surface area contributed by atoms with E-state index in [2.05, 4.69) is 22.2 Å². The van der Waals surface area contributed by atoms with E-state index in [1.165, 1.54) is 0 Å². The first-order valence-electron chi connectivity index (χ1n) is 8.71. The summed E-state index contributed by atoms with van der Waals surface area (Å²) in [5.41, 5.74) is 2.78. The van der Waals surface area contributed by atoms with E-state index < -0.39 is 0 Å². The maximum Gasteiger partial charge on any atom is 0.255 e. The molecule has 1 N–H and O–H groups in total. The maximum absolute atomic E-state index is 12.8. The number of benzene rings is 2. The van der Waals surface area contributed by atoms with Crippen LogP contribution in [0.4, 0.5) is 0 Å². The molecule has 0 radical (unpaired) electrons. The van der Waals surface area contributed by atoms with Gasteiger partial charge in [-0.2, -0.15) is 0 Å². The van der Waals surface area contributed by atoms with E-state index in [0.717, 1.165) is 29.8 Å². The van der Waals surface area contributed by atoms with Crippen molar-refractivity contribution in [3.05, 3.63) is 81.7 Å². The van der Waals surface area contributed by atoms with Gasteiger partial charge in [0.15, 0.2) is 0 Å². The first kappa shape index (κ1) is 19.3. The molecule has 0 aliphatic rings. The summed E-state index contributed by atoms with van der Waals surface area (Å²) in [6.45, 7) is 2.38. The molecule has 0 atom stereocenters. The summed E-state index contributed by atoms with van der Waals surface area (Å²) in [4.78, 5) is 21.8. The van der Waals surface area contributed by atoms with Gasteiger partial charge in [0, 0.05) is 34.8 Å². The van der Waals surface area contributed by atoms with Gasteiger partial charge in [-0.1, -0.05) is 60.5 Å². The highest BCUT2D eigenvalue weighted by Gasteiger charge is 2.16. The minimum absolute atomic E-state index is 0.243. The number of aryl methyl sites for hydroxylation is 1. The van der Waals surface area contributed by atoms with Crippen molar-refractivity contribution in [2.45, 2.75) is 26.3 Å². The van der Waals surface area contributed by atoms with Gasteiger partial charge in [-0.25, -0.2) is 9.97 Å². The third-order valence-electron chi connectivity index (χ3n) is 3.98. The van der Waals surface area contributed by atoms with Crippen LogP contribution < -0.4 is 5.32 Å². The van der Waals surface area contributed by atoms with Crippen molar-refractivity contribution < 1.29 is 4.79 Å². The van der Waals surface area contributed by atoms with E-state index in [1.807, 2.05) is 30.3 Å². The highest BCUT2D eigenvalue weighted by Crippen LogP contribution is 2.22. The van der Waals surface area contributed by atoms with E-state index in [0.29, 0.717) is 27.8 Å². The van der Waals surface area contributed by atoms with Gasteiger partial charge in [0.05, 0.1) is 11.3 Å². The molecule has 3 aromatic rings. The molecule has 0 unspecified atom stereocenters. The number of halogens is 2. The number of amides is 1. The fourth-order valence-electron chi connectivity index (χ4n) is 2.74. The fourth-order valence-corrected chi connectivity index (χ4v) is 3.31. The molecule has 0 spiro atoms. The Morgan fingerprint density at radius 3 is 2.44 bits per heavy atom. The lowest BCUT2D eigenvalue weighted by Crippen LogP contribution is -2.24. The molecule has 0 fully saturated rings. The van der Waals surface area contributed by atoms with Gasteiger partial charge in [-0.3, -0.25) is 4.79 Å². The van der Waals surface area contributed by atoms with Crippen LogP contribution in [0.3, 0.4) is 0 Å². The van der Waals surface area contributed by atoms with Crippen LogP contribution in [0, 0.1) is 0 Å². The van der Waals surface area contributed by atoms with Crippen molar-refractivity contribution in [2.24, 2.45) is 0 Å². The van der Waals surface area contributed by atoms with Crippen LogP contribution in [0.5, 0.6) is 0 Å². The van der Waals surface area contributed by atoms with Gasteiger partial charge in [0.25, 0.3) is 5.91 Å². The van der Waals surface area contributed by atoms with E-state index in [9.17, 15) is 4.79 Å². The predicted molar refractivity (Wildman–Crippen MR) is 109 cm³/mol. The highest BCUT2D eigenvalue weighted by molar-refractivity contribution is 6.34. The van der Waals surface area contributed by atoms with Gasteiger partial charge in [0.1, 0.15) is 5.82 Å². The Bertz CT molecular complexity index is 925. The summed E-state index contributed by atoms with van der Waals surface area (Å²) in [6, 6.07) is 14.8. The van der Waals surface area contributed by atoms with Crippen LogP contribution in [-0.2, 0) is 13.0 Å². The first-order chi connectivity index (χ1) is 13.1. The molecular weight excluding hydrogens is 381 g/mol. The molecule has 1 heterocycles. The van der Waals surface area contributed by atoms with Gasteiger partial charge < -0.3 is 5.32 Å². The maximum atomic E-state index is 12.8. The second-order valence-corrected chi connectivity index (χ2v) is 7.00. The van der Waals surface area contributed by atoms with Gasteiger partial charge in [-0.05, 0) is 30.2 Å². The molecular formula is C21H19Cl2N3O. The molecule has 1 aromatic heterocycles. The number of hydrogen-bond acceptors (Lipinski definition) is 3. The number of carbonyl (C=O) groups excluding carboxylic acids is 1. The molecule has 138 valence electrons. The molecule has 3 rings (SSSR count). The molecule has 0 aliphatic carbocycles. The Kier molecular flexibility index (Phi) is 6.43. The molecule has 1 amide bonds. The van der Waals surface area contributed by atoms with E-state index >= 15 is 0 Å². The highest BCUT2D eigenvalue weighted by atomic mass is 35.5. The second-order valence-electron chi connectivity index (χ2n) is 6.12. The number of nitrogens with one attached hydrogen (secondary N) is 1. The van der Waals surface area contributed by atoms with Crippen molar-refractivity contribution in [3.63, 3.8) is 0 Å². The van der Waals surface area contributed by atoms with Gasteiger partial charge >= 0.3 is 0 Å². The Labute approximate surface area is 168 Å². The van der Waals surface area contributed by atoms with Crippen LogP contribution in [0.25, 0.3) is 11.3 Å². The lowest BCUT2D eigenvalue weighted by atomic mass is 10.1. The Morgan fingerprint density at radius 1 is 1.07 bits per heavy atom. The van der Waals surface area contributed by atoms with Crippen LogP contribution in [0.2, 0.25) is 10.0 Å². The topological polar surface area (TPSA) is 54.9 Å². The first-order valence-corrected chi connectivity index (χ1v) is 9.47. The monoisotopic (exact) mass is 399 g/mol. The molecule has 2 aromatic carbocycles. The third-order valence-corrected chi connectivity index (χ3v) is 4.42. The molecule has 0 bridgehead atoms.